The van der Waals surface area contributed by atoms with Crippen molar-refractivity contribution < 1.29 is 13.2 Å². The molecule has 0 aliphatic carbocycles. The lowest BCUT2D eigenvalue weighted by atomic mass is 9.95. The molecule has 2 rings (SSSR count). The molecule has 112 valence electrons. The van der Waals surface area contributed by atoms with Gasteiger partial charge in [-0.15, -0.1) is 11.3 Å². The number of sulfone groups is 1. The van der Waals surface area contributed by atoms with E-state index in [0.29, 0.717) is 10.4 Å². The summed E-state index contributed by atoms with van der Waals surface area (Å²) in [6, 6.07) is 9.88. The Kier molecular flexibility index (Phi) is 4.08. The summed E-state index contributed by atoms with van der Waals surface area (Å²) >= 11 is 1.48. The summed E-state index contributed by atoms with van der Waals surface area (Å²) in [5.41, 5.74) is 0.522. The second-order valence-electron chi connectivity index (χ2n) is 6.04. The Bertz CT molecular complexity index is 761. The highest BCUT2D eigenvalue weighted by molar-refractivity contribution is 7.90. The first-order valence-electron chi connectivity index (χ1n) is 6.54. The van der Waals surface area contributed by atoms with Crippen LogP contribution in [-0.2, 0) is 15.3 Å². The van der Waals surface area contributed by atoms with Gasteiger partial charge in [-0.2, -0.15) is 0 Å². The zero-order valence-electron chi connectivity index (χ0n) is 12.5. The van der Waals surface area contributed by atoms with E-state index in [2.05, 4.69) is 20.8 Å². The molecule has 3 nitrogen and oxygen atoms in total. The molecule has 0 amide bonds. The van der Waals surface area contributed by atoms with E-state index in [9.17, 15) is 13.2 Å². The van der Waals surface area contributed by atoms with Gasteiger partial charge in [-0.1, -0.05) is 20.8 Å². The minimum atomic E-state index is -3.23. The van der Waals surface area contributed by atoms with Crippen LogP contribution in [-0.4, -0.2) is 20.5 Å². The van der Waals surface area contributed by atoms with Crippen LogP contribution in [0, 0.1) is 0 Å². The van der Waals surface area contributed by atoms with Gasteiger partial charge < -0.3 is 0 Å². The third-order valence-electron chi connectivity index (χ3n) is 3.11. The number of hydrogen-bond donors (Lipinski definition) is 0. The second-order valence-corrected chi connectivity index (χ2v) is 9.14. The van der Waals surface area contributed by atoms with Crippen LogP contribution in [0.4, 0.5) is 0 Å². The van der Waals surface area contributed by atoms with Gasteiger partial charge in [0.15, 0.2) is 9.84 Å². The molecule has 0 radical (unpaired) electrons. The summed E-state index contributed by atoms with van der Waals surface area (Å²) < 4.78 is 22.8. The fourth-order valence-electron chi connectivity index (χ4n) is 1.86. The van der Waals surface area contributed by atoms with E-state index >= 15 is 0 Å². The van der Waals surface area contributed by atoms with Gasteiger partial charge in [0.25, 0.3) is 0 Å². The maximum Gasteiger partial charge on any atom is 0.202 e. The minimum absolute atomic E-state index is 0.0172. The van der Waals surface area contributed by atoms with Crippen molar-refractivity contribution >= 4 is 27.0 Å². The number of thiophene rings is 1. The first-order valence-corrected chi connectivity index (χ1v) is 9.25. The van der Waals surface area contributed by atoms with Crippen LogP contribution in [0.3, 0.4) is 0 Å². The molecule has 0 saturated carbocycles. The molecule has 0 bridgehead atoms. The van der Waals surface area contributed by atoms with Crippen molar-refractivity contribution in [3.8, 4) is 0 Å². The average molecular weight is 322 g/mol. The van der Waals surface area contributed by atoms with Gasteiger partial charge in [-0.25, -0.2) is 8.42 Å². The summed E-state index contributed by atoms with van der Waals surface area (Å²) in [6.07, 6.45) is 1.15. The lowest BCUT2D eigenvalue weighted by molar-refractivity contribution is 0.104. The molecule has 1 aromatic carbocycles. The van der Waals surface area contributed by atoms with Gasteiger partial charge in [0.1, 0.15) is 0 Å². The van der Waals surface area contributed by atoms with Crippen molar-refractivity contribution in [1.82, 2.24) is 0 Å². The van der Waals surface area contributed by atoms with Crippen LogP contribution in [0.15, 0.2) is 41.3 Å². The van der Waals surface area contributed by atoms with E-state index in [1.54, 1.807) is 12.1 Å². The number of benzene rings is 1. The van der Waals surface area contributed by atoms with E-state index in [1.807, 2.05) is 12.1 Å². The van der Waals surface area contributed by atoms with Crippen molar-refractivity contribution in [2.24, 2.45) is 0 Å². The molecular formula is C16H18O3S2. The highest BCUT2D eigenvalue weighted by atomic mass is 32.2. The molecule has 0 N–H and O–H groups in total. The normalized spacial score (nSPS) is 12.4. The molecule has 0 atom stereocenters. The lowest BCUT2D eigenvalue weighted by Crippen LogP contribution is -2.08. The van der Waals surface area contributed by atoms with Gasteiger partial charge in [-0.3, -0.25) is 4.79 Å². The summed E-state index contributed by atoms with van der Waals surface area (Å²) in [5, 5.41) is 0. The van der Waals surface area contributed by atoms with Crippen molar-refractivity contribution in [1.29, 1.82) is 0 Å². The van der Waals surface area contributed by atoms with Crippen LogP contribution < -0.4 is 0 Å². The molecular weight excluding hydrogens is 304 g/mol. The Hall–Kier alpha value is -1.46. The molecule has 0 unspecified atom stereocenters. The predicted octanol–water partition coefficient (Wildman–Crippen LogP) is 3.68. The predicted molar refractivity (Wildman–Crippen MR) is 86.0 cm³/mol. The van der Waals surface area contributed by atoms with Crippen molar-refractivity contribution in [3.05, 3.63) is 51.7 Å². The number of rotatable bonds is 3. The van der Waals surface area contributed by atoms with E-state index in [4.69, 9.17) is 0 Å². The summed E-state index contributed by atoms with van der Waals surface area (Å²) in [5.74, 6) is -0.0736. The fourth-order valence-corrected chi connectivity index (χ4v) is 3.52. The highest BCUT2D eigenvalue weighted by Gasteiger charge is 2.19. The number of hydrogen-bond acceptors (Lipinski definition) is 4. The van der Waals surface area contributed by atoms with Gasteiger partial charge in [0.05, 0.1) is 9.77 Å². The molecule has 0 aliphatic heterocycles. The third-order valence-corrected chi connectivity index (χ3v) is 5.75. The molecule has 1 heterocycles. The Labute approximate surface area is 129 Å². The topological polar surface area (TPSA) is 51.2 Å². The largest absolute Gasteiger partial charge is 0.288 e. The van der Waals surface area contributed by atoms with Gasteiger partial charge in [0, 0.05) is 16.7 Å². The quantitative estimate of drug-likeness (QED) is 0.810. The third kappa shape index (κ3) is 3.60. The SMILES string of the molecule is CC(C)(C)c1ccc(C(=O)c2ccc(S(C)(=O)=O)cc2)s1. The summed E-state index contributed by atoms with van der Waals surface area (Å²) in [4.78, 5) is 14.5. The Morgan fingerprint density at radius 3 is 2.00 bits per heavy atom. The molecule has 0 saturated heterocycles. The Morgan fingerprint density at radius 1 is 1.00 bits per heavy atom. The maximum atomic E-state index is 12.4. The van der Waals surface area contributed by atoms with Crippen LogP contribution in [0.1, 0.15) is 40.9 Å². The smallest absolute Gasteiger partial charge is 0.202 e. The van der Waals surface area contributed by atoms with Crippen LogP contribution in [0.5, 0.6) is 0 Å². The summed E-state index contributed by atoms with van der Waals surface area (Å²) in [7, 11) is -3.23. The molecule has 0 spiro atoms. The average Bonchev–Trinajstić information content (AvgIpc) is 2.86. The summed E-state index contributed by atoms with van der Waals surface area (Å²) in [6.45, 7) is 6.32. The first kappa shape index (κ1) is 15.9. The van der Waals surface area contributed by atoms with Gasteiger partial charge >= 0.3 is 0 Å². The first-order chi connectivity index (χ1) is 9.59. The van der Waals surface area contributed by atoms with E-state index in [0.717, 1.165) is 11.1 Å². The fraction of sp³-hybridized carbons (Fsp3) is 0.312. The van der Waals surface area contributed by atoms with Crippen LogP contribution in [0.25, 0.3) is 0 Å². The molecule has 21 heavy (non-hydrogen) atoms. The Balaban J connectivity index is 2.30. The zero-order chi connectivity index (χ0) is 15.8. The van der Waals surface area contributed by atoms with Gasteiger partial charge in [-0.05, 0) is 41.8 Å². The molecule has 0 aliphatic rings. The monoisotopic (exact) mass is 322 g/mol. The second kappa shape index (κ2) is 5.39. The number of ketones is 1. The molecule has 0 fully saturated rings. The van der Waals surface area contributed by atoms with Crippen LogP contribution in [0.2, 0.25) is 0 Å². The lowest BCUT2D eigenvalue weighted by Gasteiger charge is -2.15. The van der Waals surface area contributed by atoms with E-state index < -0.39 is 9.84 Å². The van der Waals surface area contributed by atoms with E-state index in [1.165, 1.54) is 23.5 Å². The number of carbonyl (C=O) groups excluding carboxylic acids is 1. The standard InChI is InChI=1S/C16H18O3S2/c1-16(2,3)14-10-9-13(20-14)15(17)11-5-7-12(8-6-11)21(4,18)19/h5-10H,1-4H3. The van der Waals surface area contributed by atoms with E-state index in [-0.39, 0.29) is 16.1 Å². The van der Waals surface area contributed by atoms with Crippen molar-refractivity contribution in [2.75, 3.05) is 6.26 Å². The van der Waals surface area contributed by atoms with Gasteiger partial charge in [0.2, 0.25) is 5.78 Å². The van der Waals surface area contributed by atoms with Crippen molar-refractivity contribution in [3.63, 3.8) is 0 Å². The van der Waals surface area contributed by atoms with Crippen molar-refractivity contribution in [2.45, 2.75) is 31.1 Å². The molecule has 2 aromatic rings. The zero-order valence-corrected chi connectivity index (χ0v) is 14.1. The highest BCUT2D eigenvalue weighted by Crippen LogP contribution is 2.30. The Morgan fingerprint density at radius 2 is 1.57 bits per heavy atom. The number of carbonyl (C=O) groups is 1. The van der Waals surface area contributed by atoms with Crippen LogP contribution >= 0.6 is 11.3 Å². The molecule has 5 heteroatoms. The maximum absolute atomic E-state index is 12.4. The minimum Gasteiger partial charge on any atom is -0.288 e. The molecule has 1 aromatic heterocycles.